The maximum Gasteiger partial charge on any atom is 0.262 e. The van der Waals surface area contributed by atoms with Crippen LogP contribution in [0.3, 0.4) is 0 Å². The molecule has 2 aromatic carbocycles. The first-order valence-electron chi connectivity index (χ1n) is 6.64. The molecule has 1 amide bonds. The predicted octanol–water partition coefficient (Wildman–Crippen LogP) is 3.25. The molecule has 0 aliphatic carbocycles. The lowest BCUT2D eigenvalue weighted by Crippen LogP contribution is -2.20. The van der Waals surface area contributed by atoms with E-state index in [1.54, 1.807) is 6.20 Å². The van der Waals surface area contributed by atoms with Crippen LogP contribution in [0.25, 0.3) is 10.9 Å². The Morgan fingerprint density at radius 1 is 1.05 bits per heavy atom. The summed E-state index contributed by atoms with van der Waals surface area (Å²) in [4.78, 5) is 16.1. The van der Waals surface area contributed by atoms with Crippen molar-refractivity contribution in [3.8, 4) is 5.75 Å². The molecular weight excluding hydrogens is 264 g/mol. The van der Waals surface area contributed by atoms with Crippen molar-refractivity contribution < 1.29 is 9.53 Å². The molecule has 0 saturated heterocycles. The number of anilines is 1. The van der Waals surface area contributed by atoms with Gasteiger partial charge in [-0.1, -0.05) is 30.3 Å². The summed E-state index contributed by atoms with van der Waals surface area (Å²) < 4.78 is 5.40. The Bertz CT molecular complexity index is 757. The van der Waals surface area contributed by atoms with Crippen molar-refractivity contribution in [2.45, 2.75) is 0 Å². The number of aromatic nitrogens is 1. The molecule has 0 saturated carbocycles. The number of amides is 1. The van der Waals surface area contributed by atoms with Gasteiger partial charge in [0.2, 0.25) is 0 Å². The van der Waals surface area contributed by atoms with Crippen LogP contribution in [0, 0.1) is 0 Å². The molecule has 0 radical (unpaired) electrons. The number of para-hydroxylation sites is 1. The fourth-order valence-corrected chi connectivity index (χ4v) is 2.01. The molecule has 0 unspecified atom stereocenters. The number of nitrogens with one attached hydrogen (secondary N) is 1. The van der Waals surface area contributed by atoms with E-state index in [1.165, 1.54) is 0 Å². The van der Waals surface area contributed by atoms with Crippen molar-refractivity contribution in [1.29, 1.82) is 0 Å². The van der Waals surface area contributed by atoms with E-state index >= 15 is 0 Å². The van der Waals surface area contributed by atoms with Gasteiger partial charge >= 0.3 is 0 Å². The zero-order valence-corrected chi connectivity index (χ0v) is 11.3. The van der Waals surface area contributed by atoms with Crippen LogP contribution in [0.15, 0.2) is 66.9 Å². The molecule has 0 fully saturated rings. The van der Waals surface area contributed by atoms with Crippen LogP contribution in [0.2, 0.25) is 0 Å². The number of hydrogen-bond donors (Lipinski definition) is 1. The van der Waals surface area contributed by atoms with Crippen LogP contribution in [0.4, 0.5) is 5.69 Å². The zero-order chi connectivity index (χ0) is 14.5. The third-order valence-corrected chi connectivity index (χ3v) is 3.00. The molecule has 104 valence electrons. The minimum Gasteiger partial charge on any atom is -0.484 e. The second-order valence-electron chi connectivity index (χ2n) is 4.56. The summed E-state index contributed by atoms with van der Waals surface area (Å²) in [6.45, 7) is -0.0235. The Hall–Kier alpha value is -2.88. The summed E-state index contributed by atoms with van der Waals surface area (Å²) >= 11 is 0. The Balaban J connectivity index is 1.63. The summed E-state index contributed by atoms with van der Waals surface area (Å²) in [7, 11) is 0. The van der Waals surface area contributed by atoms with Crippen molar-refractivity contribution >= 4 is 22.5 Å². The highest BCUT2D eigenvalue weighted by Gasteiger charge is 2.04. The fraction of sp³-hybridized carbons (Fsp3) is 0.0588. The van der Waals surface area contributed by atoms with Crippen molar-refractivity contribution in [3.63, 3.8) is 0 Å². The van der Waals surface area contributed by atoms with Gasteiger partial charge in [-0.3, -0.25) is 9.78 Å². The number of ether oxygens (including phenoxy) is 1. The molecule has 0 bridgehead atoms. The van der Waals surface area contributed by atoms with E-state index < -0.39 is 0 Å². The third-order valence-electron chi connectivity index (χ3n) is 3.00. The van der Waals surface area contributed by atoms with Gasteiger partial charge in [-0.05, 0) is 30.3 Å². The second kappa shape index (κ2) is 6.05. The van der Waals surface area contributed by atoms with Gasteiger partial charge in [0, 0.05) is 17.3 Å². The number of carbonyl (C=O) groups excluding carboxylic acids is 1. The topological polar surface area (TPSA) is 51.2 Å². The van der Waals surface area contributed by atoms with Gasteiger partial charge in [0.15, 0.2) is 6.61 Å². The van der Waals surface area contributed by atoms with Gasteiger partial charge in [0.25, 0.3) is 5.91 Å². The van der Waals surface area contributed by atoms with E-state index in [0.717, 1.165) is 10.9 Å². The molecule has 0 spiro atoms. The third kappa shape index (κ3) is 3.36. The first-order valence-corrected chi connectivity index (χ1v) is 6.64. The average Bonchev–Trinajstić information content (AvgIpc) is 2.54. The molecule has 4 nitrogen and oxygen atoms in total. The van der Waals surface area contributed by atoms with Crippen LogP contribution < -0.4 is 10.1 Å². The first kappa shape index (κ1) is 13.1. The Morgan fingerprint density at radius 3 is 2.76 bits per heavy atom. The summed E-state index contributed by atoms with van der Waals surface area (Å²) in [5, 5.41) is 3.84. The van der Waals surface area contributed by atoms with Gasteiger partial charge in [0.05, 0.1) is 5.52 Å². The van der Waals surface area contributed by atoms with Gasteiger partial charge < -0.3 is 10.1 Å². The minimum atomic E-state index is -0.200. The lowest BCUT2D eigenvalue weighted by molar-refractivity contribution is -0.118. The molecule has 3 aromatic rings. The summed E-state index contributed by atoms with van der Waals surface area (Å²) in [6.07, 6.45) is 1.73. The van der Waals surface area contributed by atoms with Crippen molar-refractivity contribution in [2.24, 2.45) is 0 Å². The molecule has 21 heavy (non-hydrogen) atoms. The number of hydrogen-bond acceptors (Lipinski definition) is 3. The molecule has 1 aromatic heterocycles. The van der Waals surface area contributed by atoms with E-state index in [4.69, 9.17) is 4.74 Å². The zero-order valence-electron chi connectivity index (χ0n) is 11.3. The van der Waals surface area contributed by atoms with E-state index in [-0.39, 0.29) is 12.5 Å². The first-order chi connectivity index (χ1) is 10.3. The summed E-state index contributed by atoms with van der Waals surface area (Å²) in [5.74, 6) is 0.474. The number of rotatable bonds is 4. The van der Waals surface area contributed by atoms with E-state index in [2.05, 4.69) is 10.3 Å². The quantitative estimate of drug-likeness (QED) is 0.797. The van der Waals surface area contributed by atoms with Gasteiger partial charge in [0.1, 0.15) is 5.75 Å². The highest BCUT2D eigenvalue weighted by atomic mass is 16.5. The van der Waals surface area contributed by atoms with Crippen molar-refractivity contribution in [2.75, 3.05) is 11.9 Å². The van der Waals surface area contributed by atoms with Gasteiger partial charge in [-0.2, -0.15) is 0 Å². The van der Waals surface area contributed by atoms with Crippen molar-refractivity contribution in [1.82, 2.24) is 4.98 Å². The van der Waals surface area contributed by atoms with Crippen LogP contribution >= 0.6 is 0 Å². The molecule has 3 rings (SSSR count). The molecule has 0 atom stereocenters. The molecular formula is C17H14N2O2. The number of pyridine rings is 1. The van der Waals surface area contributed by atoms with E-state index in [1.807, 2.05) is 60.7 Å². The lowest BCUT2D eigenvalue weighted by atomic mass is 10.2. The monoisotopic (exact) mass is 278 g/mol. The Morgan fingerprint density at radius 2 is 1.90 bits per heavy atom. The maximum absolute atomic E-state index is 11.9. The van der Waals surface area contributed by atoms with Crippen LogP contribution in [0.5, 0.6) is 5.75 Å². The number of carbonyl (C=O) groups is 1. The fourth-order valence-electron chi connectivity index (χ4n) is 2.01. The molecule has 4 heteroatoms. The molecule has 1 heterocycles. The number of nitrogens with zero attached hydrogens (tertiary/aromatic N) is 1. The predicted molar refractivity (Wildman–Crippen MR) is 82.3 cm³/mol. The Labute approximate surface area is 122 Å². The van der Waals surface area contributed by atoms with Gasteiger partial charge in [-0.25, -0.2) is 0 Å². The Kier molecular flexibility index (Phi) is 3.78. The van der Waals surface area contributed by atoms with E-state index in [9.17, 15) is 4.79 Å². The SMILES string of the molecule is O=C(COc1ccccc1)Nc1ccc2cccnc2c1. The largest absolute Gasteiger partial charge is 0.484 e. The highest BCUT2D eigenvalue weighted by molar-refractivity contribution is 5.94. The minimum absolute atomic E-state index is 0.0235. The number of fused-ring (bicyclic) bond motifs is 1. The number of benzene rings is 2. The van der Waals surface area contributed by atoms with Crippen molar-refractivity contribution in [3.05, 3.63) is 66.9 Å². The smallest absolute Gasteiger partial charge is 0.262 e. The summed E-state index contributed by atoms with van der Waals surface area (Å²) in [5.41, 5.74) is 1.56. The maximum atomic E-state index is 11.9. The lowest BCUT2D eigenvalue weighted by Gasteiger charge is -2.08. The second-order valence-corrected chi connectivity index (χ2v) is 4.56. The van der Waals surface area contributed by atoms with Gasteiger partial charge in [-0.15, -0.1) is 0 Å². The summed E-state index contributed by atoms with van der Waals surface area (Å²) in [6, 6.07) is 18.7. The normalized spacial score (nSPS) is 10.3. The van der Waals surface area contributed by atoms with Crippen LogP contribution in [-0.4, -0.2) is 17.5 Å². The van der Waals surface area contributed by atoms with Crippen LogP contribution in [0.1, 0.15) is 0 Å². The average molecular weight is 278 g/mol. The molecule has 1 N–H and O–H groups in total. The van der Waals surface area contributed by atoms with Crippen LogP contribution in [-0.2, 0) is 4.79 Å². The van der Waals surface area contributed by atoms with E-state index in [0.29, 0.717) is 11.4 Å². The highest BCUT2D eigenvalue weighted by Crippen LogP contribution is 2.16. The standard InChI is InChI=1S/C17H14N2O2/c20-17(12-21-15-6-2-1-3-7-15)19-14-9-8-13-5-4-10-18-16(13)11-14/h1-11H,12H2,(H,19,20). The molecule has 0 aliphatic heterocycles. The molecule has 0 aliphatic rings.